The molecule has 1 saturated heterocycles. The van der Waals surface area contributed by atoms with Crippen molar-refractivity contribution in [1.29, 1.82) is 0 Å². The number of benzene rings is 1. The van der Waals surface area contributed by atoms with Gasteiger partial charge in [0, 0.05) is 5.31 Å². The molecule has 0 bridgehead atoms. The van der Waals surface area contributed by atoms with Gasteiger partial charge in [0.1, 0.15) is 0 Å². The predicted molar refractivity (Wildman–Crippen MR) is 78.2 cm³/mol. The maximum Gasteiger partial charge on any atom is 0.464 e. The molecular formula is C16H23BO2. The van der Waals surface area contributed by atoms with E-state index in [9.17, 15) is 0 Å². The fraction of sp³-hybridized carbons (Fsp3) is 0.625. The quantitative estimate of drug-likeness (QED) is 0.766. The maximum absolute atomic E-state index is 6.24. The molecule has 1 aromatic carbocycles. The molecule has 3 heteroatoms. The SMILES string of the molecule is CC1(C)OB(C2(Cc3ccccc3)CC2)OC1(C)C. The van der Waals surface area contributed by atoms with E-state index in [2.05, 4.69) is 58.0 Å². The van der Waals surface area contributed by atoms with Gasteiger partial charge < -0.3 is 9.31 Å². The van der Waals surface area contributed by atoms with E-state index in [1.54, 1.807) is 0 Å². The van der Waals surface area contributed by atoms with Crippen molar-refractivity contribution in [1.82, 2.24) is 0 Å². The van der Waals surface area contributed by atoms with Gasteiger partial charge in [-0.2, -0.15) is 0 Å². The molecule has 0 N–H and O–H groups in total. The zero-order valence-corrected chi connectivity index (χ0v) is 12.4. The van der Waals surface area contributed by atoms with Crippen LogP contribution in [0.4, 0.5) is 0 Å². The highest BCUT2D eigenvalue weighted by molar-refractivity contribution is 6.51. The molecule has 1 aromatic rings. The summed E-state index contributed by atoms with van der Waals surface area (Å²) in [4.78, 5) is 0. The fourth-order valence-corrected chi connectivity index (χ4v) is 2.75. The largest absolute Gasteiger partial charge is 0.464 e. The molecule has 2 aliphatic rings. The Balaban J connectivity index is 1.77. The summed E-state index contributed by atoms with van der Waals surface area (Å²) in [5.41, 5.74) is 0.947. The zero-order valence-electron chi connectivity index (χ0n) is 12.4. The first kappa shape index (κ1) is 13.2. The van der Waals surface area contributed by atoms with Crippen LogP contribution in [-0.2, 0) is 15.7 Å². The monoisotopic (exact) mass is 258 g/mol. The van der Waals surface area contributed by atoms with Gasteiger partial charge in [0.2, 0.25) is 0 Å². The van der Waals surface area contributed by atoms with Gasteiger partial charge >= 0.3 is 7.12 Å². The van der Waals surface area contributed by atoms with E-state index in [1.807, 2.05) is 0 Å². The third-order valence-corrected chi connectivity index (χ3v) is 5.04. The maximum atomic E-state index is 6.24. The Kier molecular flexibility index (Phi) is 2.85. The number of hydrogen-bond acceptors (Lipinski definition) is 2. The minimum absolute atomic E-state index is 0.0577. The molecule has 1 saturated carbocycles. The molecule has 2 nitrogen and oxygen atoms in total. The van der Waals surface area contributed by atoms with Crippen LogP contribution in [0.2, 0.25) is 5.31 Å². The van der Waals surface area contributed by atoms with Crippen LogP contribution in [0.5, 0.6) is 0 Å². The minimum atomic E-state index is -0.218. The first-order valence-electron chi connectivity index (χ1n) is 7.24. The Hall–Kier alpha value is -0.795. The third-order valence-electron chi connectivity index (χ3n) is 5.04. The first-order chi connectivity index (χ1) is 8.85. The Morgan fingerprint density at radius 3 is 1.95 bits per heavy atom. The summed E-state index contributed by atoms with van der Waals surface area (Å²) in [5.74, 6) is 0. The summed E-state index contributed by atoms with van der Waals surface area (Å²) in [5, 5.41) is 0.201. The van der Waals surface area contributed by atoms with Gasteiger partial charge in [-0.1, -0.05) is 30.3 Å². The number of hydrogen-bond donors (Lipinski definition) is 0. The van der Waals surface area contributed by atoms with Crippen molar-refractivity contribution < 1.29 is 9.31 Å². The van der Waals surface area contributed by atoms with Gasteiger partial charge in [0.05, 0.1) is 11.2 Å². The van der Waals surface area contributed by atoms with Crippen LogP contribution in [0, 0.1) is 0 Å². The molecule has 19 heavy (non-hydrogen) atoms. The Labute approximate surface area is 116 Å². The van der Waals surface area contributed by atoms with E-state index in [4.69, 9.17) is 9.31 Å². The molecule has 0 spiro atoms. The van der Waals surface area contributed by atoms with Crippen LogP contribution in [0.3, 0.4) is 0 Å². The topological polar surface area (TPSA) is 18.5 Å². The summed E-state index contributed by atoms with van der Waals surface area (Å²) < 4.78 is 12.5. The van der Waals surface area contributed by atoms with Crippen LogP contribution in [0.1, 0.15) is 46.1 Å². The molecule has 0 radical (unpaired) electrons. The summed E-state index contributed by atoms with van der Waals surface area (Å²) in [6, 6.07) is 10.7. The lowest BCUT2D eigenvalue weighted by molar-refractivity contribution is 0.00578. The molecule has 3 rings (SSSR count). The summed E-state index contributed by atoms with van der Waals surface area (Å²) in [7, 11) is -0.0577. The molecule has 1 aliphatic carbocycles. The van der Waals surface area contributed by atoms with Crippen molar-refractivity contribution >= 4 is 7.12 Å². The van der Waals surface area contributed by atoms with E-state index in [1.165, 1.54) is 18.4 Å². The lowest BCUT2D eigenvalue weighted by Gasteiger charge is -2.32. The molecule has 0 atom stereocenters. The van der Waals surface area contributed by atoms with E-state index < -0.39 is 0 Å². The highest BCUT2D eigenvalue weighted by atomic mass is 16.7. The Morgan fingerprint density at radius 1 is 0.947 bits per heavy atom. The van der Waals surface area contributed by atoms with Crippen LogP contribution in [0.15, 0.2) is 30.3 Å². The molecule has 1 heterocycles. The van der Waals surface area contributed by atoms with Crippen molar-refractivity contribution in [2.75, 3.05) is 0 Å². The second-order valence-corrected chi connectivity index (χ2v) is 7.11. The Morgan fingerprint density at radius 2 is 1.47 bits per heavy atom. The van der Waals surface area contributed by atoms with E-state index in [-0.39, 0.29) is 23.6 Å². The average Bonchev–Trinajstić information content (AvgIpc) is 3.05. The lowest BCUT2D eigenvalue weighted by Crippen LogP contribution is -2.41. The molecule has 0 unspecified atom stereocenters. The van der Waals surface area contributed by atoms with Gasteiger partial charge in [0.15, 0.2) is 0 Å². The minimum Gasteiger partial charge on any atom is -0.403 e. The van der Waals surface area contributed by atoms with Crippen LogP contribution in [0.25, 0.3) is 0 Å². The zero-order chi connectivity index (χ0) is 13.7. The van der Waals surface area contributed by atoms with E-state index in [0.717, 1.165) is 6.42 Å². The summed E-state index contributed by atoms with van der Waals surface area (Å²) >= 11 is 0. The van der Waals surface area contributed by atoms with Crippen molar-refractivity contribution in [2.45, 2.75) is 63.5 Å². The molecule has 0 aromatic heterocycles. The van der Waals surface area contributed by atoms with Gasteiger partial charge in [-0.05, 0) is 52.5 Å². The van der Waals surface area contributed by atoms with Crippen LogP contribution in [-0.4, -0.2) is 18.3 Å². The smallest absolute Gasteiger partial charge is 0.403 e. The third kappa shape index (κ3) is 2.23. The highest BCUT2D eigenvalue weighted by Gasteiger charge is 2.63. The molecule has 102 valence electrons. The van der Waals surface area contributed by atoms with Gasteiger partial charge in [-0.3, -0.25) is 0 Å². The number of rotatable bonds is 3. The van der Waals surface area contributed by atoms with E-state index >= 15 is 0 Å². The first-order valence-corrected chi connectivity index (χ1v) is 7.24. The molecular weight excluding hydrogens is 235 g/mol. The van der Waals surface area contributed by atoms with Crippen molar-refractivity contribution in [3.05, 3.63) is 35.9 Å². The average molecular weight is 258 g/mol. The van der Waals surface area contributed by atoms with E-state index in [0.29, 0.717) is 0 Å². The second-order valence-electron chi connectivity index (χ2n) is 7.11. The summed E-state index contributed by atoms with van der Waals surface area (Å²) in [6.07, 6.45) is 3.47. The van der Waals surface area contributed by atoms with Gasteiger partial charge in [-0.15, -0.1) is 0 Å². The normalized spacial score (nSPS) is 26.4. The van der Waals surface area contributed by atoms with Crippen molar-refractivity contribution in [2.24, 2.45) is 0 Å². The summed E-state index contributed by atoms with van der Waals surface area (Å²) in [6.45, 7) is 8.52. The van der Waals surface area contributed by atoms with Crippen molar-refractivity contribution in [3.63, 3.8) is 0 Å². The van der Waals surface area contributed by atoms with Crippen LogP contribution >= 0.6 is 0 Å². The predicted octanol–water partition coefficient (Wildman–Crippen LogP) is 3.86. The lowest BCUT2D eigenvalue weighted by atomic mass is 9.65. The molecule has 2 fully saturated rings. The standard InChI is InChI=1S/C16H23BO2/c1-14(2)15(3,4)19-17(18-14)16(10-11-16)12-13-8-6-5-7-9-13/h5-9H,10-12H2,1-4H3. The van der Waals surface area contributed by atoms with Gasteiger partial charge in [-0.25, -0.2) is 0 Å². The van der Waals surface area contributed by atoms with Crippen LogP contribution < -0.4 is 0 Å². The molecule has 1 aliphatic heterocycles. The van der Waals surface area contributed by atoms with Gasteiger partial charge in [0.25, 0.3) is 0 Å². The van der Waals surface area contributed by atoms with Crippen molar-refractivity contribution in [3.8, 4) is 0 Å². The molecule has 0 amide bonds. The second kappa shape index (κ2) is 4.10. The fourth-order valence-electron chi connectivity index (χ4n) is 2.75. The highest BCUT2D eigenvalue weighted by Crippen LogP contribution is 2.62. The Bertz CT molecular complexity index is 447.